The van der Waals surface area contributed by atoms with E-state index in [-0.39, 0.29) is 16.6 Å². The van der Waals surface area contributed by atoms with Crippen molar-refractivity contribution in [2.24, 2.45) is 0 Å². The molecule has 2 heterocycles. The molecule has 0 atom stereocenters. The zero-order valence-corrected chi connectivity index (χ0v) is 19.7. The minimum atomic E-state index is -0.764. The fourth-order valence-corrected chi connectivity index (χ4v) is 3.48. The molecule has 0 aliphatic rings. The average molecular weight is 455 g/mol. The molecular weight excluding hydrogens is 428 g/mol. The van der Waals surface area contributed by atoms with Gasteiger partial charge >= 0.3 is 5.97 Å². The number of amides is 1. The predicted octanol–water partition coefficient (Wildman–Crippen LogP) is 4.52. The van der Waals surface area contributed by atoms with E-state index in [9.17, 15) is 9.59 Å². The summed E-state index contributed by atoms with van der Waals surface area (Å²) >= 11 is 6.19. The van der Waals surface area contributed by atoms with Gasteiger partial charge in [-0.3, -0.25) is 4.79 Å². The average Bonchev–Trinajstić information content (AvgIpc) is 3.08. The molecule has 1 aromatic carbocycles. The van der Waals surface area contributed by atoms with Crippen molar-refractivity contribution in [2.75, 3.05) is 6.61 Å². The van der Waals surface area contributed by atoms with Crippen LogP contribution < -0.4 is 0 Å². The van der Waals surface area contributed by atoms with Crippen LogP contribution in [0.3, 0.4) is 0 Å². The van der Waals surface area contributed by atoms with Crippen LogP contribution in [0.1, 0.15) is 48.2 Å². The van der Waals surface area contributed by atoms with Gasteiger partial charge < -0.3 is 9.64 Å². The van der Waals surface area contributed by atoms with Crippen molar-refractivity contribution in [3.05, 3.63) is 76.2 Å². The van der Waals surface area contributed by atoms with Crippen LogP contribution in [-0.2, 0) is 16.1 Å². The second-order valence-corrected chi connectivity index (χ2v) is 8.96. The van der Waals surface area contributed by atoms with E-state index in [0.717, 1.165) is 17.0 Å². The van der Waals surface area contributed by atoms with E-state index in [1.165, 1.54) is 0 Å². The second kappa shape index (κ2) is 9.53. The van der Waals surface area contributed by atoms with E-state index in [1.54, 1.807) is 21.7 Å². The first kappa shape index (κ1) is 23.5. The first-order chi connectivity index (χ1) is 15.1. The van der Waals surface area contributed by atoms with Gasteiger partial charge in [-0.05, 0) is 58.4 Å². The van der Waals surface area contributed by atoms with Gasteiger partial charge in [0.2, 0.25) is 0 Å². The molecular formula is C24H27ClN4O3. The van der Waals surface area contributed by atoms with Crippen molar-refractivity contribution >= 4 is 23.5 Å². The summed E-state index contributed by atoms with van der Waals surface area (Å²) in [5, 5.41) is 4.52. The molecule has 0 aliphatic carbocycles. The maximum atomic E-state index is 12.9. The number of benzene rings is 1. The van der Waals surface area contributed by atoms with E-state index in [0.29, 0.717) is 12.4 Å². The number of nitrogens with zero attached hydrogens (tertiary/aromatic N) is 4. The van der Waals surface area contributed by atoms with Gasteiger partial charge in [-0.25, -0.2) is 14.5 Å². The molecule has 0 unspecified atom stereocenters. The Kier molecular flexibility index (Phi) is 6.99. The fourth-order valence-electron chi connectivity index (χ4n) is 3.29. The Hall–Kier alpha value is -3.19. The molecule has 8 heteroatoms. The number of hydrogen-bond acceptors (Lipinski definition) is 5. The van der Waals surface area contributed by atoms with Crippen molar-refractivity contribution in [1.29, 1.82) is 0 Å². The zero-order valence-electron chi connectivity index (χ0n) is 18.9. The summed E-state index contributed by atoms with van der Waals surface area (Å²) in [5.74, 6) is -0.625. The van der Waals surface area contributed by atoms with E-state index < -0.39 is 18.1 Å². The molecule has 0 saturated carbocycles. The van der Waals surface area contributed by atoms with Crippen LogP contribution in [0.15, 0.2) is 48.5 Å². The highest BCUT2D eigenvalue weighted by molar-refractivity contribution is 6.33. The van der Waals surface area contributed by atoms with Crippen molar-refractivity contribution in [1.82, 2.24) is 19.7 Å². The maximum Gasteiger partial charge on any atom is 0.359 e. The van der Waals surface area contributed by atoms with Gasteiger partial charge in [-0.2, -0.15) is 5.10 Å². The number of aromatic nitrogens is 3. The van der Waals surface area contributed by atoms with Gasteiger partial charge in [0.05, 0.1) is 10.7 Å². The summed E-state index contributed by atoms with van der Waals surface area (Å²) in [6.07, 6.45) is 0. The molecule has 0 fully saturated rings. The monoisotopic (exact) mass is 454 g/mol. The van der Waals surface area contributed by atoms with Crippen molar-refractivity contribution in [3.63, 3.8) is 0 Å². The number of pyridine rings is 1. The van der Waals surface area contributed by atoms with Gasteiger partial charge in [-0.15, -0.1) is 0 Å². The van der Waals surface area contributed by atoms with Crippen LogP contribution >= 0.6 is 11.6 Å². The lowest BCUT2D eigenvalue weighted by Crippen LogP contribution is -2.46. The van der Waals surface area contributed by atoms with Gasteiger partial charge in [0, 0.05) is 17.8 Å². The Bertz CT molecular complexity index is 1120. The minimum absolute atomic E-state index is 0.0603. The quantitative estimate of drug-likeness (QED) is 0.511. The Morgan fingerprint density at radius 1 is 1.09 bits per heavy atom. The van der Waals surface area contributed by atoms with Crippen LogP contribution in [-0.4, -0.2) is 43.7 Å². The molecule has 2 aromatic heterocycles. The third-order valence-electron chi connectivity index (χ3n) is 4.87. The largest absolute Gasteiger partial charge is 0.451 e. The number of hydrogen-bond donors (Lipinski definition) is 0. The molecule has 7 nitrogen and oxygen atoms in total. The van der Waals surface area contributed by atoms with Crippen molar-refractivity contribution < 1.29 is 14.3 Å². The molecule has 0 spiro atoms. The second-order valence-electron chi connectivity index (χ2n) is 8.55. The highest BCUT2D eigenvalue weighted by Crippen LogP contribution is 2.20. The maximum absolute atomic E-state index is 12.9. The van der Waals surface area contributed by atoms with E-state index >= 15 is 0 Å². The highest BCUT2D eigenvalue weighted by atomic mass is 35.5. The predicted molar refractivity (Wildman–Crippen MR) is 123 cm³/mol. The summed E-state index contributed by atoms with van der Waals surface area (Å²) < 4.78 is 6.92. The molecule has 1 amide bonds. The Morgan fingerprint density at radius 2 is 1.78 bits per heavy atom. The summed E-state index contributed by atoms with van der Waals surface area (Å²) in [4.78, 5) is 31.6. The Balaban J connectivity index is 1.74. The number of carbonyl (C=O) groups is 2. The molecule has 3 rings (SSSR count). The fraction of sp³-hybridized carbons (Fsp3) is 0.333. The van der Waals surface area contributed by atoms with Crippen LogP contribution in [0.4, 0.5) is 0 Å². The molecule has 0 saturated heterocycles. The standard InChI is InChI=1S/C24H27ClN4O3/c1-16-13-17(2)29(27-16)20-12-11-19(25)22(26-20)23(31)32-15-21(30)28(24(3,4)5)14-18-9-7-6-8-10-18/h6-13H,14-15H2,1-5H3. The third-order valence-corrected chi connectivity index (χ3v) is 5.18. The van der Waals surface area contributed by atoms with Crippen LogP contribution in [0.5, 0.6) is 0 Å². The SMILES string of the molecule is Cc1cc(C)n(-c2ccc(Cl)c(C(=O)OCC(=O)N(Cc3ccccc3)C(C)(C)C)n2)n1. The number of rotatable bonds is 6. The van der Waals surface area contributed by atoms with Crippen LogP contribution in [0.2, 0.25) is 5.02 Å². The normalized spacial score (nSPS) is 11.3. The zero-order chi connectivity index (χ0) is 23.5. The number of ether oxygens (including phenoxy) is 1. The van der Waals surface area contributed by atoms with E-state index in [4.69, 9.17) is 16.3 Å². The van der Waals surface area contributed by atoms with Gasteiger partial charge in [0.15, 0.2) is 18.1 Å². The number of carbonyl (C=O) groups excluding carboxylic acids is 2. The van der Waals surface area contributed by atoms with Gasteiger partial charge in [0.25, 0.3) is 5.91 Å². The third kappa shape index (κ3) is 5.53. The minimum Gasteiger partial charge on any atom is -0.451 e. The highest BCUT2D eigenvalue weighted by Gasteiger charge is 2.28. The molecule has 0 radical (unpaired) electrons. The number of aryl methyl sites for hydroxylation is 2. The molecule has 0 N–H and O–H groups in total. The molecule has 32 heavy (non-hydrogen) atoms. The lowest BCUT2D eigenvalue weighted by Gasteiger charge is -2.35. The summed E-state index contributed by atoms with van der Waals surface area (Å²) in [6.45, 7) is 9.57. The number of halogens is 1. The van der Waals surface area contributed by atoms with E-state index in [1.807, 2.05) is 71.0 Å². The summed E-state index contributed by atoms with van der Waals surface area (Å²) in [7, 11) is 0. The first-order valence-corrected chi connectivity index (χ1v) is 10.7. The topological polar surface area (TPSA) is 77.3 Å². The van der Waals surface area contributed by atoms with Crippen molar-refractivity contribution in [3.8, 4) is 5.82 Å². The lowest BCUT2D eigenvalue weighted by atomic mass is 10.0. The van der Waals surface area contributed by atoms with Crippen LogP contribution in [0.25, 0.3) is 5.82 Å². The van der Waals surface area contributed by atoms with Gasteiger partial charge in [0.1, 0.15) is 0 Å². The Morgan fingerprint density at radius 3 is 2.38 bits per heavy atom. The number of esters is 1. The van der Waals surface area contributed by atoms with Crippen LogP contribution in [0, 0.1) is 13.8 Å². The van der Waals surface area contributed by atoms with Crippen molar-refractivity contribution in [2.45, 2.75) is 46.7 Å². The lowest BCUT2D eigenvalue weighted by molar-refractivity contribution is -0.140. The molecule has 168 valence electrons. The first-order valence-electron chi connectivity index (χ1n) is 10.3. The smallest absolute Gasteiger partial charge is 0.359 e. The molecule has 3 aromatic rings. The molecule has 0 bridgehead atoms. The molecule has 0 aliphatic heterocycles. The summed E-state index contributed by atoms with van der Waals surface area (Å²) in [5.41, 5.74) is 2.17. The summed E-state index contributed by atoms with van der Waals surface area (Å²) in [6, 6.07) is 14.8. The van der Waals surface area contributed by atoms with Gasteiger partial charge in [-0.1, -0.05) is 41.9 Å². The Labute approximate surface area is 193 Å². The van der Waals surface area contributed by atoms with E-state index in [2.05, 4.69) is 10.1 Å².